The first-order valence-electron chi connectivity index (χ1n) is 6.51. The number of carbonyl (C=O) groups excluding carboxylic acids is 1. The minimum atomic E-state index is -2.66. The summed E-state index contributed by atoms with van der Waals surface area (Å²) in [6, 6.07) is 5.79. The average Bonchev–Trinajstić information content (AvgIpc) is 2.41. The number of nitrogens with one attached hydrogen (secondary N) is 1. The number of nitro benzene ring substituents is 1. The lowest BCUT2D eigenvalue weighted by Gasteiger charge is -2.31. The predicted octanol–water partition coefficient (Wildman–Crippen LogP) is 2.26. The zero-order valence-electron chi connectivity index (χ0n) is 11.2. The minimum Gasteiger partial charge on any atom is -0.319 e. The van der Waals surface area contributed by atoms with E-state index in [1.807, 2.05) is 0 Å². The number of nitro groups is 1. The van der Waals surface area contributed by atoms with E-state index in [1.165, 1.54) is 18.2 Å². The van der Waals surface area contributed by atoms with Crippen LogP contribution in [0.1, 0.15) is 12.8 Å². The number of hydrogen-bond donors (Lipinski definition) is 1. The number of alkyl halides is 2. The maximum absolute atomic E-state index is 13.0. The quantitative estimate of drug-likeness (QED) is 0.683. The summed E-state index contributed by atoms with van der Waals surface area (Å²) in [5, 5.41) is 13.3. The Hall–Kier alpha value is -2.09. The molecular weight excluding hydrogens is 284 g/mol. The Kier molecular flexibility index (Phi) is 4.46. The lowest BCUT2D eigenvalue weighted by molar-refractivity contribution is -0.383. The van der Waals surface area contributed by atoms with Crippen molar-refractivity contribution in [2.45, 2.75) is 18.8 Å². The number of amides is 1. The third-order valence-corrected chi connectivity index (χ3v) is 3.33. The largest absolute Gasteiger partial charge is 0.319 e. The summed E-state index contributed by atoms with van der Waals surface area (Å²) in [7, 11) is 0. The highest BCUT2D eigenvalue weighted by Gasteiger charge is 2.34. The second-order valence-electron chi connectivity index (χ2n) is 4.95. The van der Waals surface area contributed by atoms with E-state index in [0.717, 1.165) is 0 Å². The summed E-state index contributed by atoms with van der Waals surface area (Å²) in [6.45, 7) is 0.219. The fourth-order valence-electron chi connectivity index (χ4n) is 2.17. The van der Waals surface area contributed by atoms with Crippen LogP contribution in [0.15, 0.2) is 24.3 Å². The SMILES string of the molecule is O=C(CN1CCC(F)(F)CC1)Nc1ccccc1[N+](=O)[O-]. The zero-order chi connectivity index (χ0) is 15.5. The number of anilines is 1. The van der Waals surface area contributed by atoms with Gasteiger partial charge in [-0.1, -0.05) is 12.1 Å². The van der Waals surface area contributed by atoms with E-state index in [1.54, 1.807) is 11.0 Å². The van der Waals surface area contributed by atoms with Crippen LogP contribution in [-0.4, -0.2) is 41.3 Å². The standard InChI is InChI=1S/C13H15F2N3O3/c14-13(15)5-7-17(8-6-13)9-12(19)16-10-3-1-2-4-11(10)18(20)21/h1-4H,5-9H2,(H,16,19). The molecule has 8 heteroatoms. The zero-order valence-corrected chi connectivity index (χ0v) is 11.2. The summed E-state index contributed by atoms with van der Waals surface area (Å²) >= 11 is 0. The Morgan fingerprint density at radius 1 is 1.33 bits per heavy atom. The van der Waals surface area contributed by atoms with Crippen LogP contribution in [0.4, 0.5) is 20.2 Å². The molecule has 1 N–H and O–H groups in total. The third kappa shape index (κ3) is 4.19. The van der Waals surface area contributed by atoms with Crippen LogP contribution in [0.25, 0.3) is 0 Å². The number of hydrogen-bond acceptors (Lipinski definition) is 4. The summed E-state index contributed by atoms with van der Waals surface area (Å²) in [6.07, 6.45) is -0.544. The number of likely N-dealkylation sites (tertiary alicyclic amines) is 1. The second-order valence-corrected chi connectivity index (χ2v) is 4.95. The van der Waals surface area contributed by atoms with Crippen molar-refractivity contribution in [2.75, 3.05) is 25.0 Å². The number of rotatable bonds is 4. The molecule has 0 radical (unpaired) electrons. The third-order valence-electron chi connectivity index (χ3n) is 3.33. The van der Waals surface area contributed by atoms with Gasteiger partial charge in [0.15, 0.2) is 0 Å². The Labute approximate surface area is 119 Å². The molecule has 1 fully saturated rings. The minimum absolute atomic E-state index is 0.0534. The summed E-state index contributed by atoms with van der Waals surface area (Å²) in [4.78, 5) is 23.7. The Morgan fingerprint density at radius 2 is 1.95 bits per heavy atom. The molecule has 0 unspecified atom stereocenters. The summed E-state index contributed by atoms with van der Waals surface area (Å²) in [5.74, 6) is -3.11. The first kappa shape index (κ1) is 15.3. The van der Waals surface area contributed by atoms with Crippen LogP contribution >= 0.6 is 0 Å². The van der Waals surface area contributed by atoms with Crippen LogP contribution in [0.3, 0.4) is 0 Å². The summed E-state index contributed by atoms with van der Waals surface area (Å²) in [5.41, 5.74) is -0.0918. The fraction of sp³-hybridized carbons (Fsp3) is 0.462. The van der Waals surface area contributed by atoms with Gasteiger partial charge in [-0.25, -0.2) is 8.78 Å². The molecule has 1 aromatic rings. The maximum Gasteiger partial charge on any atom is 0.292 e. The van der Waals surface area contributed by atoms with E-state index in [4.69, 9.17) is 0 Å². The molecule has 1 heterocycles. The summed E-state index contributed by atoms with van der Waals surface area (Å²) < 4.78 is 26.0. The molecule has 0 bridgehead atoms. The van der Waals surface area contributed by atoms with Crippen molar-refractivity contribution in [3.8, 4) is 0 Å². The number of carbonyl (C=O) groups is 1. The normalized spacial score (nSPS) is 18.2. The number of para-hydroxylation sites is 2. The number of benzene rings is 1. The number of piperidine rings is 1. The molecule has 1 saturated heterocycles. The lowest BCUT2D eigenvalue weighted by Crippen LogP contribution is -2.43. The van der Waals surface area contributed by atoms with Crippen LogP contribution in [0.5, 0.6) is 0 Å². The smallest absolute Gasteiger partial charge is 0.292 e. The van der Waals surface area contributed by atoms with E-state index >= 15 is 0 Å². The molecule has 0 saturated carbocycles. The molecule has 1 aliphatic heterocycles. The van der Waals surface area contributed by atoms with Crippen LogP contribution in [-0.2, 0) is 4.79 Å². The molecule has 1 aliphatic rings. The van der Waals surface area contributed by atoms with Gasteiger partial charge in [0, 0.05) is 32.0 Å². The maximum atomic E-state index is 13.0. The molecule has 2 rings (SSSR count). The molecule has 0 spiro atoms. The molecule has 21 heavy (non-hydrogen) atoms. The Morgan fingerprint density at radius 3 is 2.57 bits per heavy atom. The van der Waals surface area contributed by atoms with E-state index in [2.05, 4.69) is 5.32 Å². The Balaban J connectivity index is 1.92. The van der Waals surface area contributed by atoms with Gasteiger partial charge in [-0.3, -0.25) is 19.8 Å². The van der Waals surface area contributed by atoms with Gasteiger partial charge in [-0.05, 0) is 6.07 Å². The lowest BCUT2D eigenvalue weighted by atomic mass is 10.1. The van der Waals surface area contributed by atoms with E-state index < -0.39 is 16.8 Å². The van der Waals surface area contributed by atoms with Crippen molar-refractivity contribution in [1.29, 1.82) is 0 Å². The molecular formula is C13H15F2N3O3. The van der Waals surface area contributed by atoms with Gasteiger partial charge in [-0.15, -0.1) is 0 Å². The highest BCUT2D eigenvalue weighted by Crippen LogP contribution is 2.27. The highest BCUT2D eigenvalue weighted by atomic mass is 19.3. The highest BCUT2D eigenvalue weighted by molar-refractivity contribution is 5.94. The molecule has 1 amide bonds. The van der Waals surface area contributed by atoms with Gasteiger partial charge in [0.05, 0.1) is 11.5 Å². The van der Waals surface area contributed by atoms with Crippen molar-refractivity contribution in [2.24, 2.45) is 0 Å². The van der Waals surface area contributed by atoms with E-state index in [9.17, 15) is 23.7 Å². The van der Waals surface area contributed by atoms with Crippen LogP contribution in [0.2, 0.25) is 0 Å². The first-order chi connectivity index (χ1) is 9.87. The van der Waals surface area contributed by atoms with Crippen LogP contribution in [0, 0.1) is 10.1 Å². The molecule has 6 nitrogen and oxygen atoms in total. The fourth-order valence-corrected chi connectivity index (χ4v) is 2.17. The second kappa shape index (κ2) is 6.13. The Bertz CT molecular complexity index is 541. The molecule has 114 valence electrons. The van der Waals surface area contributed by atoms with Crippen molar-refractivity contribution < 1.29 is 18.5 Å². The van der Waals surface area contributed by atoms with E-state index in [-0.39, 0.29) is 43.9 Å². The molecule has 0 atom stereocenters. The van der Waals surface area contributed by atoms with Gasteiger partial charge in [0.2, 0.25) is 5.91 Å². The average molecular weight is 299 g/mol. The van der Waals surface area contributed by atoms with Crippen molar-refractivity contribution >= 4 is 17.3 Å². The van der Waals surface area contributed by atoms with Gasteiger partial charge in [0.25, 0.3) is 11.6 Å². The number of nitrogens with zero attached hydrogens (tertiary/aromatic N) is 2. The molecule has 1 aromatic carbocycles. The van der Waals surface area contributed by atoms with Crippen molar-refractivity contribution in [1.82, 2.24) is 4.90 Å². The monoisotopic (exact) mass is 299 g/mol. The molecule has 0 aliphatic carbocycles. The van der Waals surface area contributed by atoms with E-state index in [0.29, 0.717) is 0 Å². The predicted molar refractivity (Wildman–Crippen MR) is 72.3 cm³/mol. The van der Waals surface area contributed by atoms with Gasteiger partial charge < -0.3 is 5.32 Å². The first-order valence-corrected chi connectivity index (χ1v) is 6.51. The van der Waals surface area contributed by atoms with Crippen LogP contribution < -0.4 is 5.32 Å². The van der Waals surface area contributed by atoms with Crippen molar-refractivity contribution in [3.63, 3.8) is 0 Å². The van der Waals surface area contributed by atoms with Gasteiger partial charge in [0.1, 0.15) is 5.69 Å². The van der Waals surface area contributed by atoms with Gasteiger partial charge >= 0.3 is 0 Å². The van der Waals surface area contributed by atoms with Crippen molar-refractivity contribution in [3.05, 3.63) is 34.4 Å². The topological polar surface area (TPSA) is 75.5 Å². The molecule has 0 aromatic heterocycles. The number of halogens is 2. The van der Waals surface area contributed by atoms with Gasteiger partial charge in [-0.2, -0.15) is 0 Å².